The Kier molecular flexibility index (Phi) is 4.28. The summed E-state index contributed by atoms with van der Waals surface area (Å²) in [5, 5.41) is 0. The van der Waals surface area contributed by atoms with Gasteiger partial charge in [-0.25, -0.2) is 8.78 Å². The van der Waals surface area contributed by atoms with Crippen LogP contribution in [0.25, 0.3) is 0 Å². The highest BCUT2D eigenvalue weighted by molar-refractivity contribution is 5.30. The van der Waals surface area contributed by atoms with E-state index in [1.54, 1.807) is 0 Å². The lowest BCUT2D eigenvalue weighted by Gasteiger charge is -2.35. The van der Waals surface area contributed by atoms with Gasteiger partial charge in [0.2, 0.25) is 0 Å². The van der Waals surface area contributed by atoms with E-state index in [4.69, 9.17) is 0 Å². The summed E-state index contributed by atoms with van der Waals surface area (Å²) in [6.45, 7) is 4.01. The molecule has 0 amide bonds. The fourth-order valence-electron chi connectivity index (χ4n) is 3.45. The highest BCUT2D eigenvalue weighted by atomic mass is 19.2. The Morgan fingerprint density at radius 3 is 1.27 bits per heavy atom. The third kappa shape index (κ3) is 2.92. The van der Waals surface area contributed by atoms with Crippen LogP contribution >= 0.6 is 0 Å². The summed E-state index contributed by atoms with van der Waals surface area (Å²) < 4.78 is 29.3. The van der Waals surface area contributed by atoms with Crippen LogP contribution in [0.5, 0.6) is 0 Å². The number of benzene rings is 2. The molecule has 0 aromatic heterocycles. The molecule has 1 fully saturated rings. The van der Waals surface area contributed by atoms with Crippen LogP contribution in [0.4, 0.5) is 8.78 Å². The maximum atomic E-state index is 14.7. The third-order valence-electron chi connectivity index (χ3n) is 4.87. The molecule has 4 atom stereocenters. The van der Waals surface area contributed by atoms with Crippen molar-refractivity contribution in [1.82, 2.24) is 0 Å². The molecule has 3 rings (SSSR count). The highest BCUT2D eigenvalue weighted by Crippen LogP contribution is 2.44. The van der Waals surface area contributed by atoms with E-state index in [0.29, 0.717) is 12.8 Å². The van der Waals surface area contributed by atoms with Crippen molar-refractivity contribution >= 4 is 0 Å². The molecule has 2 unspecified atom stereocenters. The van der Waals surface area contributed by atoms with Gasteiger partial charge in [-0.2, -0.15) is 0 Å². The number of aryl methyl sites for hydroxylation is 2. The molecule has 0 bridgehead atoms. The molecule has 0 saturated heterocycles. The second-order valence-electron chi connectivity index (χ2n) is 6.50. The molecular formula is C20H22F2. The van der Waals surface area contributed by atoms with E-state index in [1.807, 2.05) is 62.4 Å². The molecular weight excluding hydrogens is 278 g/mol. The summed E-state index contributed by atoms with van der Waals surface area (Å²) >= 11 is 0. The average molecular weight is 300 g/mol. The fourth-order valence-corrected chi connectivity index (χ4v) is 3.45. The van der Waals surface area contributed by atoms with Gasteiger partial charge in [0.05, 0.1) is 0 Å². The van der Waals surface area contributed by atoms with Gasteiger partial charge in [0, 0.05) is 11.8 Å². The smallest absolute Gasteiger partial charge is 0.139 e. The average Bonchev–Trinajstić information content (AvgIpc) is 2.52. The van der Waals surface area contributed by atoms with Crippen LogP contribution in [-0.2, 0) is 0 Å². The van der Waals surface area contributed by atoms with Crippen molar-refractivity contribution in [3.63, 3.8) is 0 Å². The van der Waals surface area contributed by atoms with Gasteiger partial charge < -0.3 is 0 Å². The molecule has 0 spiro atoms. The summed E-state index contributed by atoms with van der Waals surface area (Å²) in [5.74, 6) is -0.644. The molecule has 2 aromatic carbocycles. The molecule has 1 aliphatic rings. The van der Waals surface area contributed by atoms with Gasteiger partial charge >= 0.3 is 0 Å². The van der Waals surface area contributed by atoms with Crippen LogP contribution in [-0.4, -0.2) is 12.3 Å². The van der Waals surface area contributed by atoms with E-state index in [-0.39, 0.29) is 11.8 Å². The van der Waals surface area contributed by atoms with Crippen LogP contribution in [0.15, 0.2) is 48.5 Å². The van der Waals surface area contributed by atoms with Gasteiger partial charge in [-0.05, 0) is 37.8 Å². The largest absolute Gasteiger partial charge is 0.244 e. The Hall–Kier alpha value is -1.70. The van der Waals surface area contributed by atoms with Crippen molar-refractivity contribution < 1.29 is 8.78 Å². The molecule has 0 aliphatic heterocycles. The molecule has 2 heteroatoms. The SMILES string of the molecule is Cc1ccc(C2CC[C@H](c3ccc(C)cc3)[C@H](F)C2F)cc1. The third-order valence-corrected chi connectivity index (χ3v) is 4.87. The fraction of sp³-hybridized carbons (Fsp3) is 0.400. The van der Waals surface area contributed by atoms with Crippen LogP contribution in [0, 0.1) is 13.8 Å². The van der Waals surface area contributed by atoms with E-state index in [0.717, 1.165) is 22.3 Å². The number of hydrogen-bond acceptors (Lipinski definition) is 0. The van der Waals surface area contributed by atoms with Crippen LogP contribution in [0.2, 0.25) is 0 Å². The number of halogens is 2. The quantitative estimate of drug-likeness (QED) is 0.673. The van der Waals surface area contributed by atoms with Gasteiger partial charge in [-0.15, -0.1) is 0 Å². The maximum Gasteiger partial charge on any atom is 0.139 e. The molecule has 0 radical (unpaired) electrons. The molecule has 0 nitrogen and oxygen atoms in total. The molecule has 1 aliphatic carbocycles. The standard InChI is InChI=1S/C20H22F2/c1-13-3-7-15(8-4-13)17-11-12-18(20(22)19(17)21)16-9-5-14(2)6-10-16/h3-10,17-20H,11-12H2,1-2H3/t17-,18?,19+,20?/m1/s1. The first-order chi connectivity index (χ1) is 10.6. The monoisotopic (exact) mass is 300 g/mol. The topological polar surface area (TPSA) is 0 Å². The number of rotatable bonds is 2. The van der Waals surface area contributed by atoms with Crippen molar-refractivity contribution in [2.75, 3.05) is 0 Å². The molecule has 116 valence electrons. The lowest BCUT2D eigenvalue weighted by molar-refractivity contribution is 0.0794. The zero-order valence-electron chi connectivity index (χ0n) is 13.1. The highest BCUT2D eigenvalue weighted by Gasteiger charge is 2.41. The minimum Gasteiger partial charge on any atom is -0.244 e. The van der Waals surface area contributed by atoms with Crippen molar-refractivity contribution in [2.24, 2.45) is 0 Å². The lowest BCUT2D eigenvalue weighted by Crippen LogP contribution is -2.35. The van der Waals surface area contributed by atoms with Crippen LogP contribution in [0.1, 0.15) is 46.9 Å². The Labute approximate surface area is 131 Å². The second-order valence-corrected chi connectivity index (χ2v) is 6.50. The summed E-state index contributed by atoms with van der Waals surface area (Å²) in [7, 11) is 0. The zero-order valence-corrected chi connectivity index (χ0v) is 13.1. The Balaban J connectivity index is 1.79. The predicted molar refractivity (Wildman–Crippen MR) is 86.9 cm³/mol. The first-order valence-electron chi connectivity index (χ1n) is 7.97. The molecule has 2 aromatic rings. The van der Waals surface area contributed by atoms with Crippen molar-refractivity contribution in [3.8, 4) is 0 Å². The summed E-state index contributed by atoms with van der Waals surface area (Å²) in [4.78, 5) is 0. The van der Waals surface area contributed by atoms with Gasteiger partial charge in [-0.1, -0.05) is 59.7 Å². The van der Waals surface area contributed by atoms with Crippen molar-refractivity contribution in [2.45, 2.75) is 50.9 Å². The maximum absolute atomic E-state index is 14.7. The molecule has 0 N–H and O–H groups in total. The minimum atomic E-state index is -1.43. The van der Waals surface area contributed by atoms with Gasteiger partial charge in [-0.3, -0.25) is 0 Å². The van der Waals surface area contributed by atoms with E-state index in [1.165, 1.54) is 0 Å². The van der Waals surface area contributed by atoms with E-state index >= 15 is 0 Å². The van der Waals surface area contributed by atoms with E-state index in [9.17, 15) is 8.78 Å². The van der Waals surface area contributed by atoms with Crippen molar-refractivity contribution in [3.05, 3.63) is 70.8 Å². The predicted octanol–water partition coefficient (Wildman–Crippen LogP) is 5.64. The van der Waals surface area contributed by atoms with Gasteiger partial charge in [0.15, 0.2) is 0 Å². The Morgan fingerprint density at radius 2 is 0.955 bits per heavy atom. The summed E-state index contributed by atoms with van der Waals surface area (Å²) in [6.07, 6.45) is -1.46. The van der Waals surface area contributed by atoms with Gasteiger partial charge in [0.25, 0.3) is 0 Å². The second kappa shape index (κ2) is 6.20. The van der Waals surface area contributed by atoms with E-state index < -0.39 is 12.3 Å². The molecule has 0 heterocycles. The first-order valence-corrected chi connectivity index (χ1v) is 7.97. The van der Waals surface area contributed by atoms with Crippen molar-refractivity contribution in [1.29, 1.82) is 0 Å². The van der Waals surface area contributed by atoms with E-state index in [2.05, 4.69) is 0 Å². The summed E-state index contributed by atoms with van der Waals surface area (Å²) in [5.41, 5.74) is 4.12. The Morgan fingerprint density at radius 1 is 0.636 bits per heavy atom. The number of hydrogen-bond donors (Lipinski definition) is 0. The first kappa shape index (κ1) is 15.2. The van der Waals surface area contributed by atoms with Crippen LogP contribution in [0.3, 0.4) is 0 Å². The van der Waals surface area contributed by atoms with Crippen LogP contribution < -0.4 is 0 Å². The normalized spacial score (nSPS) is 28.5. The summed E-state index contributed by atoms with van der Waals surface area (Å²) in [6, 6.07) is 15.6. The Bertz CT molecular complexity index is 558. The number of alkyl halides is 2. The minimum absolute atomic E-state index is 0.322. The lowest BCUT2D eigenvalue weighted by atomic mass is 9.73. The molecule has 1 saturated carbocycles. The van der Waals surface area contributed by atoms with Gasteiger partial charge in [0.1, 0.15) is 12.3 Å². The zero-order chi connectivity index (χ0) is 15.7. The molecule has 22 heavy (non-hydrogen) atoms.